The average Bonchev–Trinajstić information content (AvgIpc) is 3.00. The van der Waals surface area contributed by atoms with Gasteiger partial charge in [0.05, 0.1) is 22.9 Å². The number of hydrazine groups is 2. The molecular weight excluding hydrogens is 333 g/mol. The second-order valence-electron chi connectivity index (χ2n) is 6.73. The maximum atomic E-state index is 12.8. The van der Waals surface area contributed by atoms with E-state index < -0.39 is 17.3 Å². The summed E-state index contributed by atoms with van der Waals surface area (Å²) < 4.78 is 44.4. The van der Waals surface area contributed by atoms with Gasteiger partial charge < -0.3 is 15.5 Å². The minimum atomic E-state index is -4.34. The topological polar surface area (TPSA) is 48.6 Å². The van der Waals surface area contributed by atoms with Crippen LogP contribution in [-0.4, -0.2) is 31.3 Å². The molecule has 25 heavy (non-hydrogen) atoms. The number of alkyl halides is 3. The average molecular weight is 358 g/mol. The number of nitrogens with one attached hydrogen (secondary N) is 3. The molecule has 0 saturated carbocycles. The standard InChI is InChI=1S/C17H23F3N4O.H2/c1-11-8-16(25-3,9-14(21-11)15-10-24(2)23-22-15)12-4-6-13(7-5-12)17(18,19)20;/h4-7,10-11,14,21-23H,8-9H2,1-3H3;1H/t11-,14-,16-;/m0./s1. The van der Waals surface area contributed by atoms with Crippen molar-refractivity contribution >= 4 is 0 Å². The summed E-state index contributed by atoms with van der Waals surface area (Å²) in [5.41, 5.74) is 6.54. The Labute approximate surface area is 146 Å². The minimum Gasteiger partial charge on any atom is -0.373 e. The van der Waals surface area contributed by atoms with Gasteiger partial charge in [-0.15, -0.1) is 5.53 Å². The van der Waals surface area contributed by atoms with E-state index in [2.05, 4.69) is 23.2 Å². The Morgan fingerprint density at radius 1 is 1.24 bits per heavy atom. The SMILES string of the molecule is CO[C@]1(c2ccc(C(F)(F)F)cc2)C[C@@H](C2=CN(C)NN2)N[C@@H](C)C1.[HH]. The second-order valence-corrected chi connectivity index (χ2v) is 6.73. The molecule has 2 heterocycles. The Balaban J connectivity index is 0.00000243. The van der Waals surface area contributed by atoms with Crippen molar-refractivity contribution in [2.75, 3.05) is 14.2 Å². The molecule has 0 spiro atoms. The quantitative estimate of drug-likeness (QED) is 0.776. The molecule has 0 radical (unpaired) electrons. The van der Waals surface area contributed by atoms with Crippen LogP contribution in [0.3, 0.4) is 0 Å². The highest BCUT2D eigenvalue weighted by Crippen LogP contribution is 2.40. The van der Waals surface area contributed by atoms with E-state index in [1.54, 1.807) is 7.11 Å². The van der Waals surface area contributed by atoms with Crippen LogP contribution in [0.5, 0.6) is 0 Å². The van der Waals surface area contributed by atoms with Gasteiger partial charge in [0.25, 0.3) is 0 Å². The van der Waals surface area contributed by atoms with Crippen molar-refractivity contribution < 1.29 is 19.3 Å². The molecule has 8 heteroatoms. The number of ether oxygens (including phenoxy) is 1. The van der Waals surface area contributed by atoms with Gasteiger partial charge in [0, 0.05) is 34.2 Å². The number of rotatable bonds is 3. The van der Waals surface area contributed by atoms with Crippen molar-refractivity contribution in [3.63, 3.8) is 0 Å². The van der Waals surface area contributed by atoms with Gasteiger partial charge in [-0.3, -0.25) is 5.01 Å². The molecule has 5 nitrogen and oxygen atoms in total. The van der Waals surface area contributed by atoms with Crippen LogP contribution in [0.1, 0.15) is 32.3 Å². The Morgan fingerprint density at radius 2 is 1.92 bits per heavy atom. The normalized spacial score (nSPS) is 30.2. The molecular formula is C17H25F3N4O. The first kappa shape index (κ1) is 18.0. The zero-order valence-corrected chi connectivity index (χ0v) is 14.4. The van der Waals surface area contributed by atoms with Crippen LogP contribution >= 0.6 is 0 Å². The number of hydrogen-bond acceptors (Lipinski definition) is 5. The van der Waals surface area contributed by atoms with E-state index in [1.165, 1.54) is 12.1 Å². The smallest absolute Gasteiger partial charge is 0.373 e. The lowest BCUT2D eigenvalue weighted by atomic mass is 9.78. The summed E-state index contributed by atoms with van der Waals surface area (Å²) in [6.07, 6.45) is -1.09. The maximum absolute atomic E-state index is 12.8. The molecule has 0 bridgehead atoms. The molecule has 1 saturated heterocycles. The van der Waals surface area contributed by atoms with Gasteiger partial charge in [-0.2, -0.15) is 13.2 Å². The monoisotopic (exact) mass is 358 g/mol. The number of piperidine rings is 1. The van der Waals surface area contributed by atoms with Crippen molar-refractivity contribution in [1.29, 1.82) is 0 Å². The number of nitrogens with zero attached hydrogens (tertiary/aromatic N) is 1. The minimum absolute atomic E-state index is 0. The van der Waals surface area contributed by atoms with E-state index in [9.17, 15) is 13.2 Å². The molecule has 3 rings (SSSR count). The van der Waals surface area contributed by atoms with Crippen molar-refractivity contribution in [2.24, 2.45) is 0 Å². The lowest BCUT2D eigenvalue weighted by Gasteiger charge is -2.44. The summed E-state index contributed by atoms with van der Waals surface area (Å²) in [6.45, 7) is 2.05. The number of halogens is 3. The van der Waals surface area contributed by atoms with E-state index in [0.717, 1.165) is 23.4 Å². The molecule has 0 unspecified atom stereocenters. The highest BCUT2D eigenvalue weighted by atomic mass is 19.4. The molecule has 1 fully saturated rings. The molecule has 1 aromatic rings. The Bertz CT molecular complexity index is 652. The van der Waals surface area contributed by atoms with Crippen LogP contribution in [0.15, 0.2) is 36.2 Å². The van der Waals surface area contributed by atoms with Gasteiger partial charge >= 0.3 is 6.18 Å². The molecule has 0 amide bonds. The van der Waals surface area contributed by atoms with Crippen molar-refractivity contribution in [3.8, 4) is 0 Å². The van der Waals surface area contributed by atoms with Crippen molar-refractivity contribution in [3.05, 3.63) is 47.3 Å². The Hall–Kier alpha value is -1.77. The molecule has 0 aliphatic carbocycles. The molecule has 1 aromatic carbocycles. The van der Waals surface area contributed by atoms with Crippen molar-refractivity contribution in [2.45, 2.75) is 43.6 Å². The van der Waals surface area contributed by atoms with Crippen LogP contribution in [0.4, 0.5) is 13.2 Å². The predicted octanol–water partition coefficient (Wildman–Crippen LogP) is 2.73. The van der Waals surface area contributed by atoms with Gasteiger partial charge in [-0.1, -0.05) is 12.1 Å². The Morgan fingerprint density at radius 3 is 2.44 bits per heavy atom. The van der Waals surface area contributed by atoms with Crippen LogP contribution < -0.4 is 16.3 Å². The molecule has 3 atom stereocenters. The first-order valence-corrected chi connectivity index (χ1v) is 8.19. The lowest BCUT2D eigenvalue weighted by Crippen LogP contribution is -2.54. The zero-order chi connectivity index (χ0) is 18.2. The third-order valence-electron chi connectivity index (χ3n) is 4.87. The summed E-state index contributed by atoms with van der Waals surface area (Å²) in [5.74, 6) is 0. The predicted molar refractivity (Wildman–Crippen MR) is 90.0 cm³/mol. The largest absolute Gasteiger partial charge is 0.416 e. The lowest BCUT2D eigenvalue weighted by molar-refractivity contribution is -0.137. The molecule has 2 aliphatic heterocycles. The van der Waals surface area contributed by atoms with E-state index in [-0.39, 0.29) is 13.5 Å². The van der Waals surface area contributed by atoms with E-state index in [0.29, 0.717) is 12.8 Å². The van der Waals surface area contributed by atoms with Gasteiger partial charge in [0.15, 0.2) is 0 Å². The molecule has 3 N–H and O–H groups in total. The van der Waals surface area contributed by atoms with Gasteiger partial charge in [0.2, 0.25) is 0 Å². The summed E-state index contributed by atoms with van der Waals surface area (Å²) in [5, 5.41) is 5.32. The molecule has 140 valence electrons. The van der Waals surface area contributed by atoms with Crippen molar-refractivity contribution in [1.82, 2.24) is 21.3 Å². The number of methoxy groups -OCH3 is 1. The summed E-state index contributed by atoms with van der Waals surface area (Å²) in [7, 11) is 3.50. The summed E-state index contributed by atoms with van der Waals surface area (Å²) in [4.78, 5) is 0. The van der Waals surface area contributed by atoms with Crippen LogP contribution in [0.2, 0.25) is 0 Å². The number of hydrogen-bond donors (Lipinski definition) is 3. The summed E-state index contributed by atoms with van der Waals surface area (Å²) >= 11 is 0. The van der Waals surface area contributed by atoms with Crippen LogP contribution in [-0.2, 0) is 16.5 Å². The van der Waals surface area contributed by atoms with E-state index in [1.807, 2.05) is 18.3 Å². The zero-order valence-electron chi connectivity index (χ0n) is 14.4. The van der Waals surface area contributed by atoms with E-state index >= 15 is 0 Å². The van der Waals surface area contributed by atoms with Gasteiger partial charge in [0.1, 0.15) is 0 Å². The fraction of sp³-hybridized carbons (Fsp3) is 0.529. The first-order chi connectivity index (χ1) is 11.7. The van der Waals surface area contributed by atoms with E-state index in [4.69, 9.17) is 4.74 Å². The summed E-state index contributed by atoms with van der Waals surface area (Å²) in [6, 6.07) is 5.46. The highest BCUT2D eigenvalue weighted by molar-refractivity contribution is 5.31. The molecule has 2 aliphatic rings. The fourth-order valence-corrected chi connectivity index (χ4v) is 3.65. The Kier molecular flexibility index (Phi) is 4.70. The first-order valence-electron chi connectivity index (χ1n) is 8.19. The van der Waals surface area contributed by atoms with Gasteiger partial charge in [-0.25, -0.2) is 0 Å². The fourth-order valence-electron chi connectivity index (χ4n) is 3.65. The third kappa shape index (κ3) is 3.61. The number of benzene rings is 1. The van der Waals surface area contributed by atoms with Gasteiger partial charge in [-0.05, 0) is 31.0 Å². The van der Waals surface area contributed by atoms with Crippen LogP contribution in [0, 0.1) is 0 Å². The van der Waals surface area contributed by atoms with Crippen LogP contribution in [0.25, 0.3) is 0 Å². The maximum Gasteiger partial charge on any atom is 0.416 e. The second kappa shape index (κ2) is 6.51. The third-order valence-corrected chi connectivity index (χ3v) is 4.87. The molecule has 0 aromatic heterocycles. The highest BCUT2D eigenvalue weighted by Gasteiger charge is 2.43.